The van der Waals surface area contributed by atoms with Crippen molar-refractivity contribution in [3.05, 3.63) is 90.1 Å². The van der Waals surface area contributed by atoms with Crippen molar-refractivity contribution in [1.82, 2.24) is 9.36 Å². The van der Waals surface area contributed by atoms with Crippen molar-refractivity contribution in [2.75, 3.05) is 0 Å². The van der Waals surface area contributed by atoms with Crippen molar-refractivity contribution < 1.29 is 9.13 Å². The van der Waals surface area contributed by atoms with E-state index in [2.05, 4.69) is 33.6 Å². The highest BCUT2D eigenvalue weighted by atomic mass is 32.1. The lowest BCUT2D eigenvalue weighted by Crippen LogP contribution is -2.03. The molecule has 2 aromatic carbocycles. The van der Waals surface area contributed by atoms with Gasteiger partial charge in [0.25, 0.3) is 0 Å². The van der Waals surface area contributed by atoms with Gasteiger partial charge in [0.15, 0.2) is 0 Å². The molecule has 0 amide bonds. The molecule has 28 heavy (non-hydrogen) atoms. The van der Waals surface area contributed by atoms with Crippen LogP contribution in [0.15, 0.2) is 73.1 Å². The summed E-state index contributed by atoms with van der Waals surface area (Å²) in [5.41, 5.74) is 5.66. The van der Waals surface area contributed by atoms with Crippen molar-refractivity contribution in [1.29, 1.82) is 0 Å². The average molecular weight is 388 g/mol. The van der Waals surface area contributed by atoms with Gasteiger partial charge in [-0.1, -0.05) is 18.2 Å². The summed E-state index contributed by atoms with van der Waals surface area (Å²) < 4.78 is 23.6. The van der Waals surface area contributed by atoms with Gasteiger partial charge in [-0.15, -0.1) is 0 Å². The van der Waals surface area contributed by atoms with Crippen LogP contribution in [0.4, 0.5) is 4.39 Å². The number of pyridine rings is 1. The number of nitrogens with zero attached hydrogens (tertiary/aromatic N) is 2. The minimum absolute atomic E-state index is 0.0256. The molecule has 1 atom stereocenters. The van der Waals surface area contributed by atoms with Gasteiger partial charge in [0.1, 0.15) is 11.9 Å². The number of hydrogen-bond acceptors (Lipinski definition) is 4. The van der Waals surface area contributed by atoms with E-state index in [1.807, 2.05) is 30.5 Å². The van der Waals surface area contributed by atoms with Crippen LogP contribution >= 0.6 is 11.5 Å². The van der Waals surface area contributed by atoms with E-state index in [1.54, 1.807) is 12.3 Å². The summed E-state index contributed by atoms with van der Waals surface area (Å²) in [7, 11) is 0. The lowest BCUT2D eigenvalue weighted by atomic mass is 9.98. The molecule has 1 aliphatic carbocycles. The van der Waals surface area contributed by atoms with Gasteiger partial charge in [0.05, 0.1) is 4.88 Å². The molecule has 5 heteroatoms. The van der Waals surface area contributed by atoms with Crippen LogP contribution in [0.3, 0.4) is 0 Å². The van der Waals surface area contributed by atoms with Crippen molar-refractivity contribution in [2.24, 2.45) is 0 Å². The molecule has 4 aromatic rings. The highest BCUT2D eigenvalue weighted by molar-refractivity contribution is 7.09. The SMILES string of the molecule is Fc1ccc(-c2cccc3c2CC[C@H]3Oc2ccc(-c3ccns3)cc2)cn1. The van der Waals surface area contributed by atoms with Gasteiger partial charge >= 0.3 is 0 Å². The maximum atomic E-state index is 13.2. The molecule has 3 nitrogen and oxygen atoms in total. The van der Waals surface area contributed by atoms with Gasteiger partial charge in [-0.2, -0.15) is 4.39 Å². The largest absolute Gasteiger partial charge is 0.486 e. The second-order valence-electron chi connectivity index (χ2n) is 6.79. The Hall–Kier alpha value is -3.05. The molecule has 0 saturated heterocycles. The second-order valence-corrected chi connectivity index (χ2v) is 7.62. The fraction of sp³-hybridized carbons (Fsp3) is 0.130. The smallest absolute Gasteiger partial charge is 0.212 e. The van der Waals surface area contributed by atoms with Gasteiger partial charge in [-0.05, 0) is 89.1 Å². The van der Waals surface area contributed by atoms with Crippen LogP contribution in [0.25, 0.3) is 21.6 Å². The Kier molecular flexibility index (Phi) is 4.37. The Bertz CT molecular complexity index is 1090. The number of rotatable bonds is 4. The predicted molar refractivity (Wildman–Crippen MR) is 109 cm³/mol. The molecular weight excluding hydrogens is 371 g/mol. The zero-order valence-corrected chi connectivity index (χ0v) is 15.8. The molecule has 0 fully saturated rings. The fourth-order valence-electron chi connectivity index (χ4n) is 3.77. The Balaban J connectivity index is 1.40. The van der Waals surface area contributed by atoms with E-state index in [1.165, 1.54) is 28.7 Å². The molecule has 0 bridgehead atoms. The lowest BCUT2D eigenvalue weighted by Gasteiger charge is -2.16. The van der Waals surface area contributed by atoms with Crippen LogP contribution in [0.1, 0.15) is 23.7 Å². The molecule has 138 valence electrons. The standard InChI is InChI=1S/C23H17FN2OS/c24-23-11-6-16(14-25-23)18-2-1-3-20-19(18)9-10-21(20)27-17-7-4-15(5-8-17)22-12-13-26-28-22/h1-8,11-14,21H,9-10H2/t21-/m1/s1. The van der Waals surface area contributed by atoms with E-state index in [4.69, 9.17) is 4.74 Å². The van der Waals surface area contributed by atoms with E-state index in [0.717, 1.165) is 40.2 Å². The molecule has 0 radical (unpaired) electrons. The van der Waals surface area contributed by atoms with Gasteiger partial charge in [0, 0.05) is 18.0 Å². The maximum Gasteiger partial charge on any atom is 0.212 e. The van der Waals surface area contributed by atoms with Crippen LogP contribution in [0.2, 0.25) is 0 Å². The normalized spacial score (nSPS) is 15.4. The summed E-state index contributed by atoms with van der Waals surface area (Å²) in [6.07, 6.45) is 5.30. The summed E-state index contributed by atoms with van der Waals surface area (Å²) in [6.45, 7) is 0. The summed E-state index contributed by atoms with van der Waals surface area (Å²) in [5, 5.41) is 0. The third-order valence-electron chi connectivity index (χ3n) is 5.11. The predicted octanol–water partition coefficient (Wildman–Crippen LogP) is 6.08. The second kappa shape index (κ2) is 7.17. The third kappa shape index (κ3) is 3.18. The third-order valence-corrected chi connectivity index (χ3v) is 5.90. The number of benzene rings is 2. The van der Waals surface area contributed by atoms with E-state index >= 15 is 0 Å². The number of aromatic nitrogens is 2. The van der Waals surface area contributed by atoms with Gasteiger partial charge in [0.2, 0.25) is 5.95 Å². The van der Waals surface area contributed by atoms with Crippen LogP contribution in [-0.4, -0.2) is 9.36 Å². The first-order valence-electron chi connectivity index (χ1n) is 9.19. The van der Waals surface area contributed by atoms with E-state index in [0.29, 0.717) is 0 Å². The molecule has 0 saturated carbocycles. The number of fused-ring (bicyclic) bond motifs is 1. The first kappa shape index (κ1) is 17.1. The Morgan fingerprint density at radius 2 is 1.82 bits per heavy atom. The number of ether oxygens (including phenoxy) is 1. The monoisotopic (exact) mass is 388 g/mol. The molecule has 1 aliphatic rings. The van der Waals surface area contributed by atoms with Crippen LogP contribution < -0.4 is 4.74 Å². The summed E-state index contributed by atoms with van der Waals surface area (Å²) in [5.74, 6) is 0.402. The van der Waals surface area contributed by atoms with Crippen LogP contribution in [0, 0.1) is 5.95 Å². The first-order valence-corrected chi connectivity index (χ1v) is 9.97. The summed E-state index contributed by atoms with van der Waals surface area (Å²) in [4.78, 5) is 4.94. The Morgan fingerprint density at radius 1 is 0.964 bits per heavy atom. The van der Waals surface area contributed by atoms with E-state index in [9.17, 15) is 4.39 Å². The van der Waals surface area contributed by atoms with Gasteiger partial charge < -0.3 is 4.74 Å². The molecule has 2 aromatic heterocycles. The fourth-order valence-corrected chi connectivity index (χ4v) is 4.37. The molecule has 0 unspecified atom stereocenters. The highest BCUT2D eigenvalue weighted by Crippen LogP contribution is 2.40. The van der Waals surface area contributed by atoms with Crippen LogP contribution in [-0.2, 0) is 6.42 Å². The Labute approximate surface area is 166 Å². The maximum absolute atomic E-state index is 13.2. The molecule has 5 rings (SSSR count). The average Bonchev–Trinajstić information content (AvgIpc) is 3.40. The van der Waals surface area contributed by atoms with E-state index < -0.39 is 5.95 Å². The minimum atomic E-state index is -0.459. The Morgan fingerprint density at radius 3 is 2.57 bits per heavy atom. The highest BCUT2D eigenvalue weighted by Gasteiger charge is 2.26. The number of hydrogen-bond donors (Lipinski definition) is 0. The zero-order chi connectivity index (χ0) is 18.9. The topological polar surface area (TPSA) is 35.0 Å². The van der Waals surface area contributed by atoms with Gasteiger partial charge in [-0.3, -0.25) is 0 Å². The minimum Gasteiger partial charge on any atom is -0.486 e. The van der Waals surface area contributed by atoms with Crippen molar-refractivity contribution in [3.8, 4) is 27.3 Å². The first-order chi connectivity index (χ1) is 13.8. The van der Waals surface area contributed by atoms with Crippen molar-refractivity contribution in [3.63, 3.8) is 0 Å². The molecular formula is C23H17FN2OS. The molecule has 0 N–H and O–H groups in total. The quantitative estimate of drug-likeness (QED) is 0.398. The van der Waals surface area contributed by atoms with Gasteiger partial charge in [-0.25, -0.2) is 9.36 Å². The molecule has 0 spiro atoms. The van der Waals surface area contributed by atoms with E-state index in [-0.39, 0.29) is 6.10 Å². The van der Waals surface area contributed by atoms with Crippen molar-refractivity contribution >= 4 is 11.5 Å². The molecule has 0 aliphatic heterocycles. The summed E-state index contributed by atoms with van der Waals surface area (Å²) in [6, 6.07) is 19.6. The number of halogens is 1. The van der Waals surface area contributed by atoms with Crippen molar-refractivity contribution in [2.45, 2.75) is 18.9 Å². The van der Waals surface area contributed by atoms with Crippen LogP contribution in [0.5, 0.6) is 5.75 Å². The summed E-state index contributed by atoms with van der Waals surface area (Å²) >= 11 is 1.49. The molecule has 2 heterocycles. The lowest BCUT2D eigenvalue weighted by molar-refractivity contribution is 0.207. The zero-order valence-electron chi connectivity index (χ0n) is 15.0.